The highest BCUT2D eigenvalue weighted by Gasteiger charge is 2.41. The molecular weight excluding hydrogens is 431 g/mol. The Morgan fingerprint density at radius 1 is 1.06 bits per heavy atom. The number of carbonyl (C=O) groups excluding carboxylic acids is 1. The summed E-state index contributed by atoms with van der Waals surface area (Å²) in [5, 5.41) is 4.13. The third-order valence-electron chi connectivity index (χ3n) is 5.14. The van der Waals surface area contributed by atoms with E-state index in [1.165, 1.54) is 23.1 Å². The number of hydrogen-bond acceptors (Lipinski definition) is 4. The van der Waals surface area contributed by atoms with Crippen molar-refractivity contribution in [3.05, 3.63) is 76.8 Å². The van der Waals surface area contributed by atoms with Crippen molar-refractivity contribution in [2.75, 3.05) is 26.2 Å². The van der Waals surface area contributed by atoms with Gasteiger partial charge in [-0.1, -0.05) is 17.7 Å². The minimum atomic E-state index is -4.76. The molecule has 6 nitrogen and oxygen atoms in total. The van der Waals surface area contributed by atoms with Crippen molar-refractivity contribution in [2.45, 2.75) is 12.7 Å². The van der Waals surface area contributed by atoms with Gasteiger partial charge in [-0.05, 0) is 35.9 Å². The lowest BCUT2D eigenvalue weighted by Gasteiger charge is -2.34. The van der Waals surface area contributed by atoms with Crippen LogP contribution in [0.3, 0.4) is 0 Å². The van der Waals surface area contributed by atoms with Crippen LogP contribution < -0.4 is 0 Å². The van der Waals surface area contributed by atoms with Crippen LogP contribution in [0.1, 0.15) is 21.6 Å². The van der Waals surface area contributed by atoms with Gasteiger partial charge >= 0.3 is 6.18 Å². The lowest BCUT2D eigenvalue weighted by molar-refractivity contribution is -0.143. The van der Waals surface area contributed by atoms with Gasteiger partial charge in [0.2, 0.25) is 0 Å². The van der Waals surface area contributed by atoms with Crippen LogP contribution in [0, 0.1) is 0 Å². The highest BCUT2D eigenvalue weighted by atomic mass is 35.5. The Kier molecular flexibility index (Phi) is 5.97. The number of hydrogen-bond donors (Lipinski definition) is 0. The van der Waals surface area contributed by atoms with Crippen molar-refractivity contribution in [3.63, 3.8) is 0 Å². The summed E-state index contributed by atoms with van der Waals surface area (Å²) in [5.74, 6) is -0.677. The zero-order valence-electron chi connectivity index (χ0n) is 16.4. The van der Waals surface area contributed by atoms with E-state index in [9.17, 15) is 18.0 Å². The first-order valence-electron chi connectivity index (χ1n) is 9.64. The van der Waals surface area contributed by atoms with Crippen LogP contribution in [-0.2, 0) is 12.7 Å². The third-order valence-corrected chi connectivity index (χ3v) is 5.37. The van der Waals surface area contributed by atoms with Crippen LogP contribution in [0.25, 0.3) is 5.69 Å². The van der Waals surface area contributed by atoms with Gasteiger partial charge in [0.05, 0.1) is 17.4 Å². The SMILES string of the molecule is O=C(c1cnn(-c2cccc(Cl)c2)c1C(F)(F)F)N1CCN(Cc2ccncc2)CC1. The van der Waals surface area contributed by atoms with Crippen LogP contribution in [0.2, 0.25) is 5.02 Å². The number of rotatable bonds is 4. The van der Waals surface area contributed by atoms with Gasteiger partial charge in [0.15, 0.2) is 5.69 Å². The highest BCUT2D eigenvalue weighted by Crippen LogP contribution is 2.34. The van der Waals surface area contributed by atoms with Crippen molar-refractivity contribution in [1.29, 1.82) is 0 Å². The minimum Gasteiger partial charge on any atom is -0.336 e. The standard InChI is InChI=1S/C21H19ClF3N5O/c22-16-2-1-3-17(12-16)30-19(21(23,24)25)18(13-27-30)20(31)29-10-8-28(9-11-29)14-15-4-6-26-7-5-15/h1-7,12-13H,8-11,14H2. The van der Waals surface area contributed by atoms with E-state index < -0.39 is 23.3 Å². The fourth-order valence-electron chi connectivity index (χ4n) is 3.61. The number of piperazine rings is 1. The maximum Gasteiger partial charge on any atom is 0.434 e. The van der Waals surface area contributed by atoms with Crippen LogP contribution in [0.5, 0.6) is 0 Å². The second-order valence-electron chi connectivity index (χ2n) is 7.22. The van der Waals surface area contributed by atoms with E-state index in [2.05, 4.69) is 15.0 Å². The van der Waals surface area contributed by atoms with Crippen molar-refractivity contribution < 1.29 is 18.0 Å². The summed E-state index contributed by atoms with van der Waals surface area (Å²) < 4.78 is 42.4. The van der Waals surface area contributed by atoms with E-state index in [1.54, 1.807) is 18.5 Å². The molecule has 0 N–H and O–H groups in total. The minimum absolute atomic E-state index is 0.140. The molecule has 2 aromatic heterocycles. The molecule has 1 saturated heterocycles. The Labute approximate surface area is 181 Å². The van der Waals surface area contributed by atoms with Crippen LogP contribution >= 0.6 is 11.6 Å². The van der Waals surface area contributed by atoms with E-state index in [0.717, 1.165) is 16.4 Å². The molecule has 1 aliphatic heterocycles. The molecule has 0 radical (unpaired) electrons. The molecule has 0 bridgehead atoms. The van der Waals surface area contributed by atoms with E-state index in [0.29, 0.717) is 32.7 Å². The highest BCUT2D eigenvalue weighted by molar-refractivity contribution is 6.30. The molecule has 3 aromatic rings. The van der Waals surface area contributed by atoms with Crippen molar-refractivity contribution in [2.24, 2.45) is 0 Å². The van der Waals surface area contributed by atoms with E-state index in [4.69, 9.17) is 11.6 Å². The Hall–Kier alpha value is -2.91. The van der Waals surface area contributed by atoms with Gasteiger partial charge in [-0.3, -0.25) is 14.7 Å². The molecule has 1 aliphatic rings. The summed E-state index contributed by atoms with van der Waals surface area (Å²) in [6, 6.07) is 9.74. The van der Waals surface area contributed by atoms with Gasteiger partial charge in [0.25, 0.3) is 5.91 Å². The number of amides is 1. The fraction of sp³-hybridized carbons (Fsp3) is 0.286. The molecule has 4 rings (SSSR count). The average molecular weight is 450 g/mol. The first kappa shape index (κ1) is 21.3. The predicted molar refractivity (Wildman–Crippen MR) is 109 cm³/mol. The monoisotopic (exact) mass is 449 g/mol. The number of carbonyl (C=O) groups is 1. The summed E-state index contributed by atoms with van der Waals surface area (Å²) in [6.45, 7) is 2.51. The third kappa shape index (κ3) is 4.72. The molecule has 1 amide bonds. The number of alkyl halides is 3. The average Bonchev–Trinajstić information content (AvgIpc) is 3.20. The number of benzene rings is 1. The van der Waals surface area contributed by atoms with Gasteiger partial charge in [-0.2, -0.15) is 18.3 Å². The van der Waals surface area contributed by atoms with E-state index >= 15 is 0 Å². The van der Waals surface area contributed by atoms with Crippen LogP contribution in [0.15, 0.2) is 55.0 Å². The molecule has 0 saturated carbocycles. The maximum atomic E-state index is 13.9. The van der Waals surface area contributed by atoms with Crippen molar-refractivity contribution >= 4 is 17.5 Å². The molecule has 162 valence electrons. The van der Waals surface area contributed by atoms with Crippen LogP contribution in [0.4, 0.5) is 13.2 Å². The van der Waals surface area contributed by atoms with E-state index in [-0.39, 0.29) is 10.7 Å². The molecule has 0 spiro atoms. The number of pyridine rings is 1. The van der Waals surface area contributed by atoms with E-state index in [1.807, 2.05) is 12.1 Å². The molecule has 1 aromatic carbocycles. The molecule has 0 unspecified atom stereocenters. The fourth-order valence-corrected chi connectivity index (χ4v) is 3.79. The number of halogens is 4. The first-order chi connectivity index (χ1) is 14.8. The molecule has 3 heterocycles. The molecule has 0 atom stereocenters. The second-order valence-corrected chi connectivity index (χ2v) is 7.66. The van der Waals surface area contributed by atoms with Crippen molar-refractivity contribution in [1.82, 2.24) is 24.6 Å². The van der Waals surface area contributed by atoms with Crippen molar-refractivity contribution in [3.8, 4) is 5.69 Å². The molecule has 10 heteroatoms. The van der Waals surface area contributed by atoms with Gasteiger partial charge < -0.3 is 4.90 Å². The largest absolute Gasteiger partial charge is 0.434 e. The maximum absolute atomic E-state index is 13.9. The summed E-state index contributed by atoms with van der Waals surface area (Å²) in [7, 11) is 0. The van der Waals surface area contributed by atoms with Gasteiger partial charge in [0.1, 0.15) is 0 Å². The van der Waals surface area contributed by atoms with Gasteiger partial charge in [0, 0.05) is 50.1 Å². The second kappa shape index (κ2) is 8.68. The smallest absolute Gasteiger partial charge is 0.336 e. The normalized spacial score (nSPS) is 15.3. The molecular formula is C21H19ClF3N5O. The Morgan fingerprint density at radius 2 is 1.77 bits per heavy atom. The summed E-state index contributed by atoms with van der Waals surface area (Å²) in [4.78, 5) is 20.5. The predicted octanol–water partition coefficient (Wildman–Crippen LogP) is 3.90. The number of nitrogens with zero attached hydrogens (tertiary/aromatic N) is 5. The lowest BCUT2D eigenvalue weighted by Crippen LogP contribution is -2.48. The van der Waals surface area contributed by atoms with Gasteiger partial charge in [-0.15, -0.1) is 0 Å². The quantitative estimate of drug-likeness (QED) is 0.606. The molecule has 0 aliphatic carbocycles. The molecule has 31 heavy (non-hydrogen) atoms. The summed E-state index contributed by atoms with van der Waals surface area (Å²) in [6.07, 6.45) is -0.348. The Morgan fingerprint density at radius 3 is 2.42 bits per heavy atom. The summed E-state index contributed by atoms with van der Waals surface area (Å²) >= 11 is 5.92. The van der Waals surface area contributed by atoms with Crippen LogP contribution in [-0.4, -0.2) is 56.7 Å². The first-order valence-corrected chi connectivity index (χ1v) is 10.0. The topological polar surface area (TPSA) is 54.3 Å². The zero-order chi connectivity index (χ0) is 22.0. The zero-order valence-corrected chi connectivity index (χ0v) is 17.1. The number of aromatic nitrogens is 3. The summed E-state index contributed by atoms with van der Waals surface area (Å²) in [5.41, 5.74) is -0.327. The Balaban J connectivity index is 1.53. The Bertz CT molecular complexity index is 1060. The molecule has 1 fully saturated rings. The van der Waals surface area contributed by atoms with Gasteiger partial charge in [-0.25, -0.2) is 4.68 Å². The lowest BCUT2D eigenvalue weighted by atomic mass is 10.1.